The van der Waals surface area contributed by atoms with Crippen LogP contribution in [-0.4, -0.2) is 15.8 Å². The average molecular weight is 294 g/mol. The first-order chi connectivity index (χ1) is 8.16. The zero-order valence-corrected chi connectivity index (χ0v) is 11.6. The Morgan fingerprint density at radius 3 is 2.88 bits per heavy atom. The van der Waals surface area contributed by atoms with Crippen LogP contribution in [0.25, 0.3) is 5.69 Å². The number of hydrogen-bond acceptors (Lipinski definition) is 2. The highest BCUT2D eigenvalue weighted by Crippen LogP contribution is 2.19. The van der Waals surface area contributed by atoms with Crippen molar-refractivity contribution in [2.75, 3.05) is 0 Å². The Labute approximate surface area is 110 Å². The SMILES string of the molecule is CC(C)NCc1cc(Br)ccc1-n1cccn1. The second-order valence-corrected chi connectivity index (χ2v) is 5.17. The summed E-state index contributed by atoms with van der Waals surface area (Å²) in [6, 6.07) is 8.65. The van der Waals surface area contributed by atoms with Crippen LogP contribution in [0.3, 0.4) is 0 Å². The lowest BCUT2D eigenvalue weighted by Gasteiger charge is -2.13. The van der Waals surface area contributed by atoms with Crippen molar-refractivity contribution in [1.29, 1.82) is 0 Å². The smallest absolute Gasteiger partial charge is 0.0691 e. The monoisotopic (exact) mass is 293 g/mol. The van der Waals surface area contributed by atoms with E-state index in [-0.39, 0.29) is 0 Å². The van der Waals surface area contributed by atoms with Gasteiger partial charge in [0.05, 0.1) is 5.69 Å². The van der Waals surface area contributed by atoms with Crippen LogP contribution >= 0.6 is 15.9 Å². The van der Waals surface area contributed by atoms with Gasteiger partial charge >= 0.3 is 0 Å². The maximum absolute atomic E-state index is 4.28. The Kier molecular flexibility index (Phi) is 3.97. The molecule has 1 heterocycles. The van der Waals surface area contributed by atoms with Crippen LogP contribution in [0.5, 0.6) is 0 Å². The van der Waals surface area contributed by atoms with Gasteiger partial charge < -0.3 is 5.32 Å². The Morgan fingerprint density at radius 1 is 1.41 bits per heavy atom. The minimum Gasteiger partial charge on any atom is -0.310 e. The van der Waals surface area contributed by atoms with E-state index in [9.17, 15) is 0 Å². The van der Waals surface area contributed by atoms with E-state index in [0.717, 1.165) is 16.7 Å². The van der Waals surface area contributed by atoms with Crippen molar-refractivity contribution in [2.45, 2.75) is 26.4 Å². The Morgan fingerprint density at radius 2 is 2.24 bits per heavy atom. The van der Waals surface area contributed by atoms with Crippen LogP contribution in [-0.2, 0) is 6.54 Å². The lowest BCUT2D eigenvalue weighted by Crippen LogP contribution is -2.22. The first kappa shape index (κ1) is 12.3. The highest BCUT2D eigenvalue weighted by molar-refractivity contribution is 9.10. The van der Waals surface area contributed by atoms with Gasteiger partial charge in [0.25, 0.3) is 0 Å². The molecule has 0 radical (unpaired) electrons. The van der Waals surface area contributed by atoms with E-state index in [1.165, 1.54) is 5.56 Å². The maximum atomic E-state index is 4.28. The summed E-state index contributed by atoms with van der Waals surface area (Å²) >= 11 is 3.51. The van der Waals surface area contributed by atoms with Crippen molar-refractivity contribution in [1.82, 2.24) is 15.1 Å². The molecule has 1 aromatic heterocycles. The Bertz CT molecular complexity index is 477. The van der Waals surface area contributed by atoms with Gasteiger partial charge in [-0.3, -0.25) is 0 Å². The normalized spacial score (nSPS) is 11.1. The van der Waals surface area contributed by atoms with Crippen molar-refractivity contribution >= 4 is 15.9 Å². The number of nitrogens with one attached hydrogen (secondary N) is 1. The number of halogens is 1. The number of aromatic nitrogens is 2. The summed E-state index contributed by atoms with van der Waals surface area (Å²) in [6.07, 6.45) is 3.75. The molecular weight excluding hydrogens is 278 g/mol. The van der Waals surface area contributed by atoms with E-state index in [1.54, 1.807) is 6.20 Å². The molecule has 0 aliphatic rings. The summed E-state index contributed by atoms with van der Waals surface area (Å²) in [6.45, 7) is 5.13. The second kappa shape index (κ2) is 5.47. The second-order valence-electron chi connectivity index (χ2n) is 4.26. The Hall–Kier alpha value is -1.13. The topological polar surface area (TPSA) is 29.9 Å². The van der Waals surface area contributed by atoms with Crippen LogP contribution in [0.2, 0.25) is 0 Å². The molecule has 4 heteroatoms. The first-order valence-corrected chi connectivity index (χ1v) is 6.48. The molecule has 0 aliphatic heterocycles. The van der Waals surface area contributed by atoms with E-state index in [4.69, 9.17) is 0 Å². The van der Waals surface area contributed by atoms with E-state index in [0.29, 0.717) is 6.04 Å². The number of benzene rings is 1. The summed E-state index contributed by atoms with van der Waals surface area (Å²) in [5.41, 5.74) is 2.35. The van der Waals surface area contributed by atoms with Crippen molar-refractivity contribution in [3.8, 4) is 5.69 Å². The van der Waals surface area contributed by atoms with Crippen molar-refractivity contribution in [3.63, 3.8) is 0 Å². The zero-order chi connectivity index (χ0) is 12.3. The van der Waals surface area contributed by atoms with Crippen LogP contribution in [0, 0.1) is 0 Å². The standard InChI is InChI=1S/C13H16BrN3/c1-10(2)15-9-11-8-12(14)4-5-13(11)17-7-3-6-16-17/h3-8,10,15H,9H2,1-2H3. The molecule has 2 rings (SSSR count). The third-order valence-electron chi connectivity index (χ3n) is 2.49. The molecule has 0 unspecified atom stereocenters. The van der Waals surface area contributed by atoms with E-state index in [2.05, 4.69) is 52.3 Å². The van der Waals surface area contributed by atoms with Crippen molar-refractivity contribution in [3.05, 3.63) is 46.7 Å². The molecule has 0 fully saturated rings. The largest absolute Gasteiger partial charge is 0.310 e. The summed E-state index contributed by atoms with van der Waals surface area (Å²) in [4.78, 5) is 0. The lowest BCUT2D eigenvalue weighted by atomic mass is 10.1. The molecule has 0 saturated heterocycles. The third kappa shape index (κ3) is 3.17. The fraction of sp³-hybridized carbons (Fsp3) is 0.308. The van der Waals surface area contributed by atoms with Gasteiger partial charge in [-0.2, -0.15) is 5.10 Å². The number of hydrogen-bond donors (Lipinski definition) is 1. The molecule has 17 heavy (non-hydrogen) atoms. The summed E-state index contributed by atoms with van der Waals surface area (Å²) < 4.78 is 2.98. The molecule has 0 bridgehead atoms. The van der Waals surface area contributed by atoms with E-state index in [1.807, 2.05) is 23.0 Å². The minimum atomic E-state index is 0.472. The minimum absolute atomic E-state index is 0.472. The van der Waals surface area contributed by atoms with Gasteiger partial charge in [-0.1, -0.05) is 29.8 Å². The van der Waals surface area contributed by atoms with Gasteiger partial charge in [-0.25, -0.2) is 4.68 Å². The predicted molar refractivity (Wildman–Crippen MR) is 73.2 cm³/mol. The summed E-state index contributed by atoms with van der Waals surface area (Å²) in [5.74, 6) is 0. The van der Waals surface area contributed by atoms with E-state index >= 15 is 0 Å². The number of nitrogens with zero attached hydrogens (tertiary/aromatic N) is 2. The van der Waals surface area contributed by atoms with Crippen LogP contribution in [0.4, 0.5) is 0 Å². The molecule has 0 amide bonds. The molecule has 3 nitrogen and oxygen atoms in total. The van der Waals surface area contributed by atoms with E-state index < -0.39 is 0 Å². The summed E-state index contributed by atoms with van der Waals surface area (Å²) in [5, 5.41) is 7.71. The molecule has 0 spiro atoms. The van der Waals surface area contributed by atoms with Crippen molar-refractivity contribution in [2.24, 2.45) is 0 Å². The van der Waals surface area contributed by atoms with Gasteiger partial charge in [0.2, 0.25) is 0 Å². The molecule has 1 N–H and O–H groups in total. The Balaban J connectivity index is 2.31. The fourth-order valence-electron chi connectivity index (χ4n) is 1.64. The summed E-state index contributed by atoms with van der Waals surface area (Å²) in [7, 11) is 0. The lowest BCUT2D eigenvalue weighted by molar-refractivity contribution is 0.586. The van der Waals surface area contributed by atoms with Gasteiger partial charge in [0, 0.05) is 29.5 Å². The average Bonchev–Trinajstić information content (AvgIpc) is 2.80. The molecule has 1 aromatic carbocycles. The number of rotatable bonds is 4. The fourth-order valence-corrected chi connectivity index (χ4v) is 2.05. The molecule has 0 aliphatic carbocycles. The molecule has 0 saturated carbocycles. The molecule has 90 valence electrons. The van der Waals surface area contributed by atoms with Crippen LogP contribution in [0.1, 0.15) is 19.4 Å². The zero-order valence-electron chi connectivity index (χ0n) is 10.0. The quantitative estimate of drug-likeness (QED) is 0.939. The highest BCUT2D eigenvalue weighted by atomic mass is 79.9. The predicted octanol–water partition coefficient (Wildman–Crippen LogP) is 3.13. The van der Waals surface area contributed by atoms with Crippen molar-refractivity contribution < 1.29 is 0 Å². The molecule has 2 aromatic rings. The third-order valence-corrected chi connectivity index (χ3v) is 2.99. The van der Waals surface area contributed by atoms with Gasteiger partial charge in [0.1, 0.15) is 0 Å². The highest BCUT2D eigenvalue weighted by Gasteiger charge is 2.06. The molecular formula is C13H16BrN3. The van der Waals surface area contributed by atoms with Crippen LogP contribution < -0.4 is 5.32 Å². The van der Waals surface area contributed by atoms with Crippen LogP contribution in [0.15, 0.2) is 41.1 Å². The molecule has 0 atom stereocenters. The van der Waals surface area contributed by atoms with Gasteiger partial charge in [0.15, 0.2) is 0 Å². The first-order valence-electron chi connectivity index (χ1n) is 5.68. The maximum Gasteiger partial charge on any atom is 0.0691 e. The van der Waals surface area contributed by atoms with Gasteiger partial charge in [-0.15, -0.1) is 0 Å². The van der Waals surface area contributed by atoms with Gasteiger partial charge in [-0.05, 0) is 29.8 Å².